The molecule has 0 atom stereocenters. The molecule has 1 amide bonds. The summed E-state index contributed by atoms with van der Waals surface area (Å²) in [5.41, 5.74) is 7.14. The Kier molecular flexibility index (Phi) is 3.40. The molecule has 3 N–H and O–H groups in total. The first kappa shape index (κ1) is 11.6. The summed E-state index contributed by atoms with van der Waals surface area (Å²) in [5, 5.41) is 5.24. The smallest absolute Gasteiger partial charge is 0.249 e. The van der Waals surface area contributed by atoms with Gasteiger partial charge in [0.15, 0.2) is 0 Å². The van der Waals surface area contributed by atoms with Crippen LogP contribution < -0.4 is 11.1 Å². The number of carbonyl (C=O) groups excluding carboxylic acids is 1. The minimum absolute atomic E-state index is 0.380. The number of rotatable bonds is 4. The Labute approximate surface area is 101 Å². The predicted octanol–water partition coefficient (Wildman–Crippen LogP) is 2.05. The SMILES string of the molecule is CCNCc1ccc2c(C(N)=O)cccc2c1. The van der Waals surface area contributed by atoms with Gasteiger partial charge in [0, 0.05) is 12.1 Å². The molecular formula is C14H16N2O. The predicted molar refractivity (Wildman–Crippen MR) is 69.8 cm³/mol. The van der Waals surface area contributed by atoms with Crippen LogP contribution in [-0.2, 0) is 6.54 Å². The van der Waals surface area contributed by atoms with Crippen LogP contribution >= 0.6 is 0 Å². The Morgan fingerprint density at radius 1 is 1.29 bits per heavy atom. The number of hydrogen-bond donors (Lipinski definition) is 2. The van der Waals surface area contributed by atoms with Crippen molar-refractivity contribution in [1.82, 2.24) is 5.32 Å². The number of hydrogen-bond acceptors (Lipinski definition) is 2. The number of amides is 1. The molecule has 0 fully saturated rings. The van der Waals surface area contributed by atoms with Crippen molar-refractivity contribution >= 4 is 16.7 Å². The lowest BCUT2D eigenvalue weighted by Gasteiger charge is -2.06. The fourth-order valence-electron chi connectivity index (χ4n) is 1.93. The first-order valence-electron chi connectivity index (χ1n) is 5.74. The lowest BCUT2D eigenvalue weighted by atomic mass is 10.0. The summed E-state index contributed by atoms with van der Waals surface area (Å²) in [6.07, 6.45) is 0. The van der Waals surface area contributed by atoms with E-state index >= 15 is 0 Å². The molecule has 88 valence electrons. The topological polar surface area (TPSA) is 55.1 Å². The zero-order valence-electron chi connectivity index (χ0n) is 9.86. The average molecular weight is 228 g/mol. The first-order chi connectivity index (χ1) is 8.22. The highest BCUT2D eigenvalue weighted by molar-refractivity contribution is 6.06. The minimum atomic E-state index is -0.380. The third-order valence-corrected chi connectivity index (χ3v) is 2.79. The molecule has 0 saturated carbocycles. The van der Waals surface area contributed by atoms with Gasteiger partial charge in [-0.2, -0.15) is 0 Å². The van der Waals surface area contributed by atoms with E-state index < -0.39 is 0 Å². The van der Waals surface area contributed by atoms with Crippen molar-refractivity contribution in [3.63, 3.8) is 0 Å². The van der Waals surface area contributed by atoms with Crippen molar-refractivity contribution < 1.29 is 4.79 Å². The Hall–Kier alpha value is -1.87. The van der Waals surface area contributed by atoms with E-state index in [9.17, 15) is 4.79 Å². The minimum Gasteiger partial charge on any atom is -0.366 e. The number of benzene rings is 2. The maximum absolute atomic E-state index is 11.3. The van der Waals surface area contributed by atoms with E-state index in [1.807, 2.05) is 24.3 Å². The van der Waals surface area contributed by atoms with Crippen LogP contribution in [0.5, 0.6) is 0 Å². The van der Waals surface area contributed by atoms with Crippen molar-refractivity contribution in [1.29, 1.82) is 0 Å². The van der Waals surface area contributed by atoms with E-state index in [4.69, 9.17) is 5.73 Å². The third kappa shape index (κ3) is 2.45. The van der Waals surface area contributed by atoms with Crippen LogP contribution in [0.2, 0.25) is 0 Å². The molecule has 17 heavy (non-hydrogen) atoms. The summed E-state index contributed by atoms with van der Waals surface area (Å²) in [6.45, 7) is 3.86. The number of carbonyl (C=O) groups is 1. The van der Waals surface area contributed by atoms with Crippen LogP contribution in [-0.4, -0.2) is 12.5 Å². The van der Waals surface area contributed by atoms with Crippen molar-refractivity contribution in [3.8, 4) is 0 Å². The van der Waals surface area contributed by atoms with Gasteiger partial charge < -0.3 is 11.1 Å². The van der Waals surface area contributed by atoms with Gasteiger partial charge in [-0.05, 0) is 35.0 Å². The molecule has 2 aromatic carbocycles. The molecule has 3 nitrogen and oxygen atoms in total. The standard InChI is InChI=1S/C14H16N2O/c1-2-16-9-10-6-7-12-11(8-10)4-3-5-13(12)14(15)17/h3-8,16H,2,9H2,1H3,(H2,15,17). The number of nitrogens with two attached hydrogens (primary N) is 1. The highest BCUT2D eigenvalue weighted by Gasteiger charge is 2.05. The lowest BCUT2D eigenvalue weighted by Crippen LogP contribution is -2.12. The Morgan fingerprint density at radius 2 is 2.12 bits per heavy atom. The molecule has 3 heteroatoms. The van der Waals surface area contributed by atoms with Crippen LogP contribution in [0, 0.1) is 0 Å². The van der Waals surface area contributed by atoms with Gasteiger partial charge in [0.1, 0.15) is 0 Å². The summed E-state index contributed by atoms with van der Waals surface area (Å²) in [4.78, 5) is 11.3. The molecule has 0 aliphatic heterocycles. The molecule has 0 heterocycles. The summed E-state index contributed by atoms with van der Waals surface area (Å²) in [5.74, 6) is -0.380. The van der Waals surface area contributed by atoms with E-state index in [-0.39, 0.29) is 5.91 Å². The van der Waals surface area contributed by atoms with Crippen LogP contribution in [0.1, 0.15) is 22.8 Å². The summed E-state index contributed by atoms with van der Waals surface area (Å²) < 4.78 is 0. The van der Waals surface area contributed by atoms with E-state index in [0.717, 1.165) is 23.9 Å². The largest absolute Gasteiger partial charge is 0.366 e. The van der Waals surface area contributed by atoms with Gasteiger partial charge in [-0.3, -0.25) is 4.79 Å². The second-order valence-electron chi connectivity index (χ2n) is 4.01. The molecule has 0 unspecified atom stereocenters. The average Bonchev–Trinajstić information content (AvgIpc) is 2.35. The van der Waals surface area contributed by atoms with Gasteiger partial charge in [0.25, 0.3) is 0 Å². The highest BCUT2D eigenvalue weighted by Crippen LogP contribution is 2.20. The van der Waals surface area contributed by atoms with Gasteiger partial charge in [-0.25, -0.2) is 0 Å². The van der Waals surface area contributed by atoms with E-state index in [2.05, 4.69) is 18.3 Å². The summed E-state index contributed by atoms with van der Waals surface area (Å²) in [6, 6.07) is 11.7. The van der Waals surface area contributed by atoms with Crippen molar-refractivity contribution in [2.24, 2.45) is 5.73 Å². The van der Waals surface area contributed by atoms with Crippen LogP contribution in [0.15, 0.2) is 36.4 Å². The zero-order valence-corrected chi connectivity index (χ0v) is 9.86. The molecule has 0 aliphatic carbocycles. The second-order valence-corrected chi connectivity index (χ2v) is 4.01. The van der Waals surface area contributed by atoms with Gasteiger partial charge >= 0.3 is 0 Å². The highest BCUT2D eigenvalue weighted by atomic mass is 16.1. The van der Waals surface area contributed by atoms with E-state index in [1.54, 1.807) is 6.07 Å². The molecular weight excluding hydrogens is 212 g/mol. The quantitative estimate of drug-likeness (QED) is 0.841. The van der Waals surface area contributed by atoms with Crippen LogP contribution in [0.3, 0.4) is 0 Å². The van der Waals surface area contributed by atoms with Crippen LogP contribution in [0.25, 0.3) is 10.8 Å². The Bertz CT molecular complexity index is 549. The molecule has 0 bridgehead atoms. The first-order valence-corrected chi connectivity index (χ1v) is 5.74. The number of nitrogens with one attached hydrogen (secondary N) is 1. The van der Waals surface area contributed by atoms with Crippen molar-refractivity contribution in [2.75, 3.05) is 6.54 Å². The summed E-state index contributed by atoms with van der Waals surface area (Å²) in [7, 11) is 0. The van der Waals surface area contributed by atoms with E-state index in [1.165, 1.54) is 5.56 Å². The van der Waals surface area contributed by atoms with Crippen molar-refractivity contribution in [3.05, 3.63) is 47.5 Å². The number of fused-ring (bicyclic) bond motifs is 1. The van der Waals surface area contributed by atoms with Gasteiger partial charge in [-0.1, -0.05) is 31.2 Å². The molecule has 0 aliphatic rings. The van der Waals surface area contributed by atoms with Crippen LogP contribution in [0.4, 0.5) is 0 Å². The molecule has 0 aromatic heterocycles. The molecule has 0 saturated heterocycles. The summed E-state index contributed by atoms with van der Waals surface area (Å²) >= 11 is 0. The van der Waals surface area contributed by atoms with Gasteiger partial charge in [0.2, 0.25) is 5.91 Å². The normalized spacial score (nSPS) is 10.6. The molecule has 0 radical (unpaired) electrons. The fraction of sp³-hybridized carbons (Fsp3) is 0.214. The molecule has 2 rings (SSSR count). The Balaban J connectivity index is 2.45. The maximum atomic E-state index is 11.3. The van der Waals surface area contributed by atoms with Gasteiger partial charge in [-0.15, -0.1) is 0 Å². The monoisotopic (exact) mass is 228 g/mol. The number of primary amides is 1. The second kappa shape index (κ2) is 4.97. The van der Waals surface area contributed by atoms with Gasteiger partial charge in [0.05, 0.1) is 0 Å². The Morgan fingerprint density at radius 3 is 2.82 bits per heavy atom. The van der Waals surface area contributed by atoms with Crippen molar-refractivity contribution in [2.45, 2.75) is 13.5 Å². The third-order valence-electron chi connectivity index (χ3n) is 2.79. The maximum Gasteiger partial charge on any atom is 0.249 e. The zero-order chi connectivity index (χ0) is 12.3. The fourth-order valence-corrected chi connectivity index (χ4v) is 1.93. The van der Waals surface area contributed by atoms with E-state index in [0.29, 0.717) is 5.56 Å². The molecule has 2 aromatic rings. The molecule has 0 spiro atoms. The lowest BCUT2D eigenvalue weighted by molar-refractivity contribution is 0.100.